The van der Waals surface area contributed by atoms with E-state index in [9.17, 15) is 14.5 Å². The number of nitrogens with one attached hydrogen (secondary N) is 1. The summed E-state index contributed by atoms with van der Waals surface area (Å²) >= 11 is 0. The molecule has 0 spiro atoms. The number of hydrogen-bond donors (Lipinski definition) is 1. The highest BCUT2D eigenvalue weighted by molar-refractivity contribution is 5.48. The lowest BCUT2D eigenvalue weighted by Gasteiger charge is -2.08. The number of benzene rings is 1. The molecule has 0 heterocycles. The van der Waals surface area contributed by atoms with E-state index < -0.39 is 11.6 Å². The number of nitro benzene ring substituents is 1. The van der Waals surface area contributed by atoms with Crippen molar-refractivity contribution in [2.45, 2.75) is 19.9 Å². The minimum Gasteiger partial charge on any atom is -0.487 e. The maximum absolute atomic E-state index is 12.0. The third-order valence-corrected chi connectivity index (χ3v) is 2.34. The first-order chi connectivity index (χ1) is 8.69. The highest BCUT2D eigenvalue weighted by Gasteiger charge is 2.15. The van der Waals surface area contributed by atoms with Crippen LogP contribution in [0.25, 0.3) is 0 Å². The molecule has 0 aliphatic heterocycles. The minimum absolute atomic E-state index is 0.0888. The monoisotopic (exact) mass is 256 g/mol. The van der Waals surface area contributed by atoms with Crippen molar-refractivity contribution >= 4 is 5.69 Å². The Morgan fingerprint density at radius 1 is 1.50 bits per heavy atom. The summed E-state index contributed by atoms with van der Waals surface area (Å²) in [6, 6.07) is 4.72. The molecular weight excluding hydrogens is 239 g/mol. The molecule has 0 atom stereocenters. The largest absolute Gasteiger partial charge is 0.487 e. The predicted molar refractivity (Wildman–Crippen MR) is 66.6 cm³/mol. The van der Waals surface area contributed by atoms with E-state index in [4.69, 9.17) is 4.74 Å². The van der Waals surface area contributed by atoms with Crippen LogP contribution in [0.5, 0.6) is 5.75 Å². The van der Waals surface area contributed by atoms with Gasteiger partial charge in [0.05, 0.1) is 18.2 Å². The highest BCUT2D eigenvalue weighted by Crippen LogP contribution is 2.28. The Balaban J connectivity index is 2.82. The normalized spacial score (nSPS) is 10.3. The smallest absolute Gasteiger partial charge is 0.310 e. The molecule has 1 N–H and O–H groups in total. The van der Waals surface area contributed by atoms with Gasteiger partial charge in [-0.2, -0.15) is 0 Å². The molecule has 0 saturated carbocycles. The number of alkyl halides is 1. The summed E-state index contributed by atoms with van der Waals surface area (Å²) < 4.78 is 17.2. The maximum Gasteiger partial charge on any atom is 0.310 e. The van der Waals surface area contributed by atoms with Crippen molar-refractivity contribution in [1.82, 2.24) is 5.32 Å². The molecular formula is C12H17FN2O3. The van der Waals surface area contributed by atoms with Crippen molar-refractivity contribution in [3.8, 4) is 5.75 Å². The van der Waals surface area contributed by atoms with E-state index in [1.54, 1.807) is 12.1 Å². The van der Waals surface area contributed by atoms with Crippen LogP contribution in [-0.2, 0) is 6.54 Å². The van der Waals surface area contributed by atoms with Crippen LogP contribution in [-0.4, -0.2) is 24.7 Å². The molecule has 0 amide bonds. The zero-order valence-corrected chi connectivity index (χ0v) is 10.3. The molecule has 0 unspecified atom stereocenters. The number of nitro groups is 1. The molecule has 6 heteroatoms. The summed E-state index contributed by atoms with van der Waals surface area (Å²) in [5, 5.41) is 13.9. The average molecular weight is 256 g/mol. The van der Waals surface area contributed by atoms with E-state index >= 15 is 0 Å². The third kappa shape index (κ3) is 4.29. The molecule has 0 radical (unpaired) electrons. The highest BCUT2D eigenvalue weighted by atomic mass is 19.1. The first-order valence-electron chi connectivity index (χ1n) is 5.85. The summed E-state index contributed by atoms with van der Waals surface area (Å²) in [7, 11) is 0. The fourth-order valence-electron chi connectivity index (χ4n) is 1.44. The SMILES string of the molecule is CCNCc1ccc([N+](=O)[O-])c(OCCCF)c1. The van der Waals surface area contributed by atoms with Crippen molar-refractivity contribution in [3.05, 3.63) is 33.9 Å². The fraction of sp³-hybridized carbons (Fsp3) is 0.500. The van der Waals surface area contributed by atoms with Crippen LogP contribution in [0.3, 0.4) is 0 Å². The van der Waals surface area contributed by atoms with E-state index in [-0.39, 0.29) is 24.5 Å². The predicted octanol–water partition coefficient (Wildman–Crippen LogP) is 2.44. The Bertz CT molecular complexity index is 399. The third-order valence-electron chi connectivity index (χ3n) is 2.34. The molecule has 0 saturated heterocycles. The van der Waals surface area contributed by atoms with Gasteiger partial charge in [-0.05, 0) is 18.2 Å². The molecule has 0 aliphatic carbocycles. The number of halogens is 1. The molecule has 0 aromatic heterocycles. The average Bonchev–Trinajstić information content (AvgIpc) is 2.36. The summed E-state index contributed by atoms with van der Waals surface area (Å²) in [6.07, 6.45) is 0.231. The Morgan fingerprint density at radius 3 is 2.89 bits per heavy atom. The lowest BCUT2D eigenvalue weighted by atomic mass is 10.2. The Morgan fingerprint density at radius 2 is 2.28 bits per heavy atom. The van der Waals surface area contributed by atoms with Gasteiger partial charge in [-0.3, -0.25) is 14.5 Å². The zero-order chi connectivity index (χ0) is 13.4. The van der Waals surface area contributed by atoms with Gasteiger partial charge >= 0.3 is 5.69 Å². The molecule has 1 aromatic rings. The Hall–Kier alpha value is -1.69. The number of hydrogen-bond acceptors (Lipinski definition) is 4. The van der Waals surface area contributed by atoms with Gasteiger partial charge in [0.15, 0.2) is 5.75 Å². The van der Waals surface area contributed by atoms with Crippen molar-refractivity contribution in [2.24, 2.45) is 0 Å². The molecule has 1 rings (SSSR count). The maximum atomic E-state index is 12.0. The summed E-state index contributed by atoms with van der Waals surface area (Å²) in [6.45, 7) is 3.06. The topological polar surface area (TPSA) is 64.4 Å². The van der Waals surface area contributed by atoms with Gasteiger partial charge < -0.3 is 10.1 Å². The molecule has 0 bridgehead atoms. The van der Waals surface area contributed by atoms with E-state index in [0.29, 0.717) is 6.54 Å². The minimum atomic E-state index is -0.498. The van der Waals surface area contributed by atoms with E-state index in [2.05, 4.69) is 5.32 Å². The summed E-state index contributed by atoms with van der Waals surface area (Å²) in [4.78, 5) is 10.3. The molecule has 18 heavy (non-hydrogen) atoms. The molecule has 0 fully saturated rings. The van der Waals surface area contributed by atoms with Gasteiger partial charge in [0.2, 0.25) is 0 Å². The van der Waals surface area contributed by atoms with Gasteiger partial charge in [0.25, 0.3) is 0 Å². The number of ether oxygens (including phenoxy) is 1. The lowest BCUT2D eigenvalue weighted by molar-refractivity contribution is -0.385. The quantitative estimate of drug-likeness (QED) is 0.441. The Kier molecular flexibility index (Phi) is 6.07. The molecule has 5 nitrogen and oxygen atoms in total. The molecule has 100 valence electrons. The van der Waals surface area contributed by atoms with Crippen LogP contribution >= 0.6 is 0 Å². The van der Waals surface area contributed by atoms with E-state index in [0.717, 1.165) is 12.1 Å². The first kappa shape index (κ1) is 14.4. The van der Waals surface area contributed by atoms with Crippen LogP contribution in [0.2, 0.25) is 0 Å². The van der Waals surface area contributed by atoms with Gasteiger partial charge in [-0.15, -0.1) is 0 Å². The zero-order valence-electron chi connectivity index (χ0n) is 10.3. The van der Waals surface area contributed by atoms with Gasteiger partial charge in [0, 0.05) is 19.0 Å². The van der Waals surface area contributed by atoms with Gasteiger partial charge in [0.1, 0.15) is 0 Å². The van der Waals surface area contributed by atoms with Gasteiger partial charge in [-0.1, -0.05) is 13.0 Å². The van der Waals surface area contributed by atoms with Crippen LogP contribution in [0, 0.1) is 10.1 Å². The molecule has 0 aliphatic rings. The number of nitrogens with zero attached hydrogens (tertiary/aromatic N) is 1. The van der Waals surface area contributed by atoms with Crippen molar-refractivity contribution in [2.75, 3.05) is 19.8 Å². The van der Waals surface area contributed by atoms with Crippen molar-refractivity contribution in [1.29, 1.82) is 0 Å². The van der Waals surface area contributed by atoms with Crippen molar-refractivity contribution in [3.63, 3.8) is 0 Å². The van der Waals surface area contributed by atoms with E-state index in [1.165, 1.54) is 6.07 Å². The first-order valence-corrected chi connectivity index (χ1v) is 5.85. The van der Waals surface area contributed by atoms with Crippen LogP contribution < -0.4 is 10.1 Å². The summed E-state index contributed by atoms with van der Waals surface area (Å²) in [5.41, 5.74) is 0.812. The second kappa shape index (κ2) is 7.60. The lowest BCUT2D eigenvalue weighted by Crippen LogP contribution is -2.12. The fourth-order valence-corrected chi connectivity index (χ4v) is 1.44. The summed E-state index contributed by atoms with van der Waals surface area (Å²) in [5.74, 6) is 0.198. The van der Waals surface area contributed by atoms with E-state index in [1.807, 2.05) is 6.92 Å². The standard InChI is InChI=1S/C12H17FN2O3/c1-2-14-9-10-4-5-11(15(16)17)12(8-10)18-7-3-6-13/h4-5,8,14H,2-3,6-7,9H2,1H3. The van der Waals surface area contributed by atoms with Crippen LogP contribution in [0.1, 0.15) is 18.9 Å². The van der Waals surface area contributed by atoms with Crippen molar-refractivity contribution < 1.29 is 14.1 Å². The Labute approximate surface area is 105 Å². The molecule has 1 aromatic carbocycles. The number of rotatable bonds is 8. The van der Waals surface area contributed by atoms with Gasteiger partial charge in [-0.25, -0.2) is 0 Å². The van der Waals surface area contributed by atoms with Crippen LogP contribution in [0.4, 0.5) is 10.1 Å². The second-order valence-corrected chi connectivity index (χ2v) is 3.73. The second-order valence-electron chi connectivity index (χ2n) is 3.73. The van der Waals surface area contributed by atoms with Crippen LogP contribution in [0.15, 0.2) is 18.2 Å².